The summed E-state index contributed by atoms with van der Waals surface area (Å²) >= 11 is 3.48. The molecule has 2 heterocycles. The van der Waals surface area contributed by atoms with Gasteiger partial charge in [-0.15, -0.1) is 22.0 Å². The van der Waals surface area contributed by atoms with Crippen LogP contribution in [0.15, 0.2) is 64.6 Å². The Morgan fingerprint density at radius 1 is 0.828 bits per heavy atom. The molecule has 1 aromatic heterocycles. The minimum absolute atomic E-state index is 0.191. The van der Waals surface area contributed by atoms with Crippen molar-refractivity contribution in [2.45, 2.75) is 36.0 Å². The van der Waals surface area contributed by atoms with Crippen LogP contribution < -0.4 is 0 Å². The van der Waals surface area contributed by atoms with Crippen molar-refractivity contribution in [1.82, 2.24) is 19.7 Å². The molecule has 2 aromatic carbocycles. The second-order valence-electron chi connectivity index (χ2n) is 7.10. The van der Waals surface area contributed by atoms with Gasteiger partial charge in [0.25, 0.3) is 0 Å². The van der Waals surface area contributed by atoms with E-state index in [0.29, 0.717) is 0 Å². The molecule has 0 saturated carbocycles. The van der Waals surface area contributed by atoms with Crippen molar-refractivity contribution in [3.8, 4) is 0 Å². The zero-order valence-corrected chi connectivity index (χ0v) is 18.0. The monoisotopic (exact) mass is 428 g/mol. The molecule has 0 bridgehead atoms. The molecule has 1 aliphatic heterocycles. The van der Waals surface area contributed by atoms with Crippen LogP contribution in [0, 0.1) is 5.82 Å². The molecule has 29 heavy (non-hydrogen) atoms. The summed E-state index contributed by atoms with van der Waals surface area (Å²) in [7, 11) is 0. The van der Waals surface area contributed by atoms with Crippen LogP contribution in [0.2, 0.25) is 0 Å². The highest BCUT2D eigenvalue weighted by molar-refractivity contribution is 8.02. The van der Waals surface area contributed by atoms with Gasteiger partial charge in [-0.05, 0) is 55.8 Å². The first kappa shape index (κ1) is 20.4. The molecule has 0 atom stereocenters. The van der Waals surface area contributed by atoms with E-state index in [0.717, 1.165) is 53.6 Å². The molecule has 0 unspecified atom stereocenters. The van der Waals surface area contributed by atoms with Gasteiger partial charge in [-0.1, -0.05) is 42.1 Å². The van der Waals surface area contributed by atoms with E-state index in [1.54, 1.807) is 23.5 Å². The lowest BCUT2D eigenvalue weighted by Crippen LogP contribution is -2.21. The highest BCUT2D eigenvalue weighted by atomic mass is 32.2. The fourth-order valence-electron chi connectivity index (χ4n) is 3.43. The maximum Gasteiger partial charge on any atom is 0.191 e. The van der Waals surface area contributed by atoms with Crippen LogP contribution in [0.25, 0.3) is 0 Å². The first-order chi connectivity index (χ1) is 14.3. The molecule has 0 spiro atoms. The van der Waals surface area contributed by atoms with E-state index >= 15 is 0 Å². The van der Waals surface area contributed by atoms with Gasteiger partial charge >= 0.3 is 0 Å². The zero-order valence-electron chi connectivity index (χ0n) is 16.3. The van der Waals surface area contributed by atoms with Crippen LogP contribution in [-0.4, -0.2) is 44.3 Å². The molecule has 3 aromatic rings. The molecular formula is C22H25FN4S2. The maximum absolute atomic E-state index is 13.0. The van der Waals surface area contributed by atoms with Gasteiger partial charge in [0.2, 0.25) is 0 Å². The number of benzene rings is 2. The molecule has 1 aliphatic rings. The molecule has 152 valence electrons. The molecule has 0 N–H and O–H groups in total. The van der Waals surface area contributed by atoms with Crippen LogP contribution >= 0.6 is 23.5 Å². The minimum Gasteiger partial charge on any atom is -0.300 e. The Morgan fingerprint density at radius 2 is 1.55 bits per heavy atom. The van der Waals surface area contributed by atoms with E-state index in [9.17, 15) is 4.39 Å². The maximum atomic E-state index is 13.0. The Labute approximate surface area is 179 Å². The standard InChI is InChI=1S/C22H25FN4S2/c23-19-8-10-20(11-9-19)28-14-15-29-22-25-24-21(17-26-12-4-5-13-26)27(22)16-18-6-2-1-3-7-18/h1-3,6-11H,4-5,12-17H2. The fourth-order valence-corrected chi connectivity index (χ4v) is 5.27. The van der Waals surface area contributed by atoms with Crippen LogP contribution in [-0.2, 0) is 13.1 Å². The SMILES string of the molecule is Fc1ccc(SCCSc2nnc(CN3CCCC3)n2Cc2ccccc2)cc1. The summed E-state index contributed by atoms with van der Waals surface area (Å²) in [5.74, 6) is 2.72. The summed E-state index contributed by atoms with van der Waals surface area (Å²) < 4.78 is 15.3. The fraction of sp³-hybridized carbons (Fsp3) is 0.364. The predicted octanol–water partition coefficient (Wildman–Crippen LogP) is 4.95. The van der Waals surface area contributed by atoms with E-state index in [1.807, 2.05) is 18.2 Å². The predicted molar refractivity (Wildman–Crippen MR) is 118 cm³/mol. The third kappa shape index (κ3) is 5.84. The highest BCUT2D eigenvalue weighted by Crippen LogP contribution is 2.24. The lowest BCUT2D eigenvalue weighted by Gasteiger charge is -2.16. The Balaban J connectivity index is 1.40. The van der Waals surface area contributed by atoms with Crippen molar-refractivity contribution < 1.29 is 4.39 Å². The van der Waals surface area contributed by atoms with Crippen molar-refractivity contribution in [1.29, 1.82) is 0 Å². The summed E-state index contributed by atoms with van der Waals surface area (Å²) in [5, 5.41) is 10.0. The summed E-state index contributed by atoms with van der Waals surface area (Å²) in [6.45, 7) is 3.96. The lowest BCUT2D eigenvalue weighted by atomic mass is 10.2. The largest absolute Gasteiger partial charge is 0.300 e. The molecule has 0 amide bonds. The van der Waals surface area contributed by atoms with E-state index in [2.05, 4.69) is 43.9 Å². The van der Waals surface area contributed by atoms with Gasteiger partial charge in [0.05, 0.1) is 13.1 Å². The number of aromatic nitrogens is 3. The van der Waals surface area contributed by atoms with Crippen molar-refractivity contribution in [2.75, 3.05) is 24.6 Å². The lowest BCUT2D eigenvalue weighted by molar-refractivity contribution is 0.316. The second-order valence-corrected chi connectivity index (χ2v) is 9.34. The van der Waals surface area contributed by atoms with Gasteiger partial charge in [0.15, 0.2) is 5.16 Å². The number of nitrogens with zero attached hydrogens (tertiary/aromatic N) is 4. The van der Waals surface area contributed by atoms with Gasteiger partial charge in [0, 0.05) is 16.4 Å². The van der Waals surface area contributed by atoms with Gasteiger partial charge in [-0.3, -0.25) is 4.90 Å². The van der Waals surface area contributed by atoms with E-state index in [-0.39, 0.29) is 5.82 Å². The first-order valence-electron chi connectivity index (χ1n) is 9.97. The number of hydrogen-bond acceptors (Lipinski definition) is 5. The zero-order chi connectivity index (χ0) is 19.9. The minimum atomic E-state index is -0.191. The van der Waals surface area contributed by atoms with Gasteiger partial charge in [-0.2, -0.15) is 0 Å². The number of rotatable bonds is 9. The third-order valence-electron chi connectivity index (χ3n) is 4.94. The smallest absolute Gasteiger partial charge is 0.191 e. The Morgan fingerprint density at radius 3 is 2.31 bits per heavy atom. The van der Waals surface area contributed by atoms with Crippen LogP contribution in [0.1, 0.15) is 24.2 Å². The van der Waals surface area contributed by atoms with Crippen molar-refractivity contribution in [3.05, 3.63) is 71.8 Å². The van der Waals surface area contributed by atoms with Gasteiger partial charge in [-0.25, -0.2) is 4.39 Å². The molecule has 0 radical (unpaired) electrons. The molecule has 4 rings (SSSR count). The summed E-state index contributed by atoms with van der Waals surface area (Å²) in [5.41, 5.74) is 1.26. The van der Waals surface area contributed by atoms with Gasteiger partial charge in [0.1, 0.15) is 11.6 Å². The Kier molecular flexibility index (Phi) is 7.24. The van der Waals surface area contributed by atoms with Crippen LogP contribution in [0.3, 0.4) is 0 Å². The molecule has 1 fully saturated rings. The Hall–Kier alpha value is -1.83. The second kappa shape index (κ2) is 10.3. The van der Waals surface area contributed by atoms with Crippen molar-refractivity contribution >= 4 is 23.5 Å². The van der Waals surface area contributed by atoms with Crippen LogP contribution in [0.4, 0.5) is 4.39 Å². The topological polar surface area (TPSA) is 34.0 Å². The molecule has 1 saturated heterocycles. The first-order valence-corrected chi connectivity index (χ1v) is 11.9. The average molecular weight is 429 g/mol. The number of hydrogen-bond donors (Lipinski definition) is 0. The number of halogens is 1. The van der Waals surface area contributed by atoms with Crippen LogP contribution in [0.5, 0.6) is 0 Å². The highest BCUT2D eigenvalue weighted by Gasteiger charge is 2.18. The number of likely N-dealkylation sites (tertiary alicyclic amines) is 1. The van der Waals surface area contributed by atoms with Crippen molar-refractivity contribution in [2.24, 2.45) is 0 Å². The van der Waals surface area contributed by atoms with Gasteiger partial charge < -0.3 is 4.57 Å². The summed E-state index contributed by atoms with van der Waals surface area (Å²) in [6, 6.07) is 17.2. The van der Waals surface area contributed by atoms with E-state index < -0.39 is 0 Å². The summed E-state index contributed by atoms with van der Waals surface area (Å²) in [4.78, 5) is 3.55. The summed E-state index contributed by atoms with van der Waals surface area (Å²) in [6.07, 6.45) is 2.55. The molecule has 0 aliphatic carbocycles. The molecular weight excluding hydrogens is 403 g/mol. The quantitative estimate of drug-likeness (QED) is 0.356. The normalized spacial score (nSPS) is 14.5. The van der Waals surface area contributed by atoms with E-state index in [4.69, 9.17) is 0 Å². The molecule has 4 nitrogen and oxygen atoms in total. The molecule has 7 heteroatoms. The van der Waals surface area contributed by atoms with E-state index in [1.165, 1.54) is 30.5 Å². The third-order valence-corrected chi connectivity index (χ3v) is 7.18. The Bertz CT molecular complexity index is 893. The van der Waals surface area contributed by atoms with Crippen molar-refractivity contribution in [3.63, 3.8) is 0 Å². The average Bonchev–Trinajstić information content (AvgIpc) is 3.39. The number of thioether (sulfide) groups is 2.